The van der Waals surface area contributed by atoms with E-state index in [-0.39, 0.29) is 0 Å². The lowest BCUT2D eigenvalue weighted by Gasteiger charge is -2.23. The molecule has 108 valence electrons. The maximum atomic E-state index is 14.0. The van der Waals surface area contributed by atoms with Gasteiger partial charge in [0.05, 0.1) is 6.61 Å². The molecule has 0 saturated carbocycles. The van der Waals surface area contributed by atoms with Crippen molar-refractivity contribution in [2.75, 3.05) is 6.61 Å². The van der Waals surface area contributed by atoms with E-state index in [4.69, 9.17) is 15.4 Å². The summed E-state index contributed by atoms with van der Waals surface area (Å²) in [6.07, 6.45) is -4.79. The van der Waals surface area contributed by atoms with Crippen molar-refractivity contribution in [3.63, 3.8) is 0 Å². The molecule has 11 heteroatoms. The van der Waals surface area contributed by atoms with Crippen molar-refractivity contribution >= 4 is 0 Å². The SMILES string of the molecule is [N-]=[N+]=N[C@]1(CO)O[C@@H](n2ccc(=O)[nH]c2=O)[C@@H](F)[C@@H]1O. The van der Waals surface area contributed by atoms with E-state index < -0.39 is 42.1 Å². The van der Waals surface area contributed by atoms with E-state index in [1.807, 2.05) is 4.98 Å². The number of hydrogen-bond acceptors (Lipinski definition) is 6. The maximum Gasteiger partial charge on any atom is 0.330 e. The molecule has 3 N–H and O–H groups in total. The summed E-state index contributed by atoms with van der Waals surface area (Å²) in [4.78, 5) is 26.7. The van der Waals surface area contributed by atoms with Gasteiger partial charge in [-0.1, -0.05) is 5.11 Å². The molecule has 2 rings (SSSR count). The lowest BCUT2D eigenvalue weighted by atomic mass is 10.1. The first-order chi connectivity index (χ1) is 9.45. The summed E-state index contributed by atoms with van der Waals surface area (Å²) in [6.45, 7) is -0.979. The van der Waals surface area contributed by atoms with Gasteiger partial charge in [-0.15, -0.1) is 0 Å². The molecule has 1 aliphatic rings. The van der Waals surface area contributed by atoms with Gasteiger partial charge in [-0.25, -0.2) is 9.18 Å². The van der Waals surface area contributed by atoms with E-state index in [9.17, 15) is 19.1 Å². The molecule has 0 radical (unpaired) electrons. The summed E-state index contributed by atoms with van der Waals surface area (Å²) in [6, 6.07) is 0.955. The fourth-order valence-electron chi connectivity index (χ4n) is 1.91. The van der Waals surface area contributed by atoms with Gasteiger partial charge in [-0.05, 0) is 5.53 Å². The molecule has 1 aliphatic heterocycles. The first-order valence-electron chi connectivity index (χ1n) is 5.44. The Balaban J connectivity index is 2.47. The van der Waals surface area contributed by atoms with E-state index >= 15 is 0 Å². The summed E-state index contributed by atoms with van der Waals surface area (Å²) in [5, 5.41) is 21.9. The normalized spacial score (nSPS) is 32.9. The van der Waals surface area contributed by atoms with Gasteiger partial charge >= 0.3 is 5.69 Å². The second-order valence-corrected chi connectivity index (χ2v) is 4.11. The van der Waals surface area contributed by atoms with Crippen LogP contribution in [0, 0.1) is 0 Å². The number of aliphatic hydroxyl groups excluding tert-OH is 2. The highest BCUT2D eigenvalue weighted by Crippen LogP contribution is 2.39. The molecule has 4 atom stereocenters. The number of aromatic amines is 1. The molecule has 1 aromatic rings. The highest BCUT2D eigenvalue weighted by Gasteiger charge is 2.56. The van der Waals surface area contributed by atoms with E-state index in [2.05, 4.69) is 10.0 Å². The van der Waals surface area contributed by atoms with Crippen LogP contribution >= 0.6 is 0 Å². The largest absolute Gasteiger partial charge is 0.393 e. The smallest absolute Gasteiger partial charge is 0.330 e. The molecule has 0 aromatic carbocycles. The third-order valence-corrected chi connectivity index (χ3v) is 2.93. The third-order valence-electron chi connectivity index (χ3n) is 2.93. The van der Waals surface area contributed by atoms with Crippen LogP contribution in [0.25, 0.3) is 10.4 Å². The summed E-state index contributed by atoms with van der Waals surface area (Å²) < 4.78 is 19.7. The zero-order valence-corrected chi connectivity index (χ0v) is 9.88. The maximum absolute atomic E-state index is 14.0. The van der Waals surface area contributed by atoms with Crippen LogP contribution in [-0.2, 0) is 4.74 Å². The molecule has 20 heavy (non-hydrogen) atoms. The molecule has 0 amide bonds. The standard InChI is InChI=1S/C9H10FN5O5/c10-5-6(18)9(3-16,13-14-11)20-7(5)15-2-1-4(17)12-8(15)19/h1-2,5-7,16,18H,3H2,(H,12,17,19)/t5-,6-,7+,9+/m0/s1. The highest BCUT2D eigenvalue weighted by atomic mass is 19.1. The number of halogens is 1. The Kier molecular flexibility index (Phi) is 3.59. The fraction of sp³-hybridized carbons (Fsp3) is 0.556. The average molecular weight is 287 g/mol. The summed E-state index contributed by atoms with van der Waals surface area (Å²) in [5.74, 6) is 0. The quantitative estimate of drug-likeness (QED) is 0.360. The zero-order chi connectivity index (χ0) is 14.9. The van der Waals surface area contributed by atoms with Gasteiger partial charge in [0.2, 0.25) is 5.72 Å². The molecule has 0 unspecified atom stereocenters. The van der Waals surface area contributed by atoms with E-state index in [1.54, 1.807) is 0 Å². The predicted molar refractivity (Wildman–Crippen MR) is 61.3 cm³/mol. The van der Waals surface area contributed by atoms with Crippen LogP contribution in [-0.4, -0.2) is 44.4 Å². The summed E-state index contributed by atoms with van der Waals surface area (Å²) in [5.41, 5.74) is 4.51. The second kappa shape index (κ2) is 5.06. The van der Waals surface area contributed by atoms with Crippen LogP contribution in [0.5, 0.6) is 0 Å². The lowest BCUT2D eigenvalue weighted by molar-refractivity contribution is -0.124. The zero-order valence-electron chi connectivity index (χ0n) is 9.88. The molecule has 0 spiro atoms. The van der Waals surface area contributed by atoms with Crippen molar-refractivity contribution in [1.29, 1.82) is 0 Å². The van der Waals surface area contributed by atoms with Gasteiger partial charge < -0.3 is 14.9 Å². The number of azide groups is 1. The number of nitrogens with zero attached hydrogens (tertiary/aromatic N) is 4. The van der Waals surface area contributed by atoms with Crippen LogP contribution in [0.3, 0.4) is 0 Å². The first-order valence-corrected chi connectivity index (χ1v) is 5.44. The van der Waals surface area contributed by atoms with Gasteiger partial charge in [0.15, 0.2) is 12.4 Å². The minimum absolute atomic E-state index is 0.680. The van der Waals surface area contributed by atoms with Crippen LogP contribution in [0.2, 0.25) is 0 Å². The van der Waals surface area contributed by atoms with Crippen LogP contribution in [0.4, 0.5) is 4.39 Å². The van der Waals surface area contributed by atoms with Crippen molar-refractivity contribution in [1.82, 2.24) is 9.55 Å². The molecule has 0 bridgehead atoms. The molecule has 0 aliphatic carbocycles. The van der Waals surface area contributed by atoms with E-state index in [1.165, 1.54) is 0 Å². The molecule has 1 aromatic heterocycles. The van der Waals surface area contributed by atoms with Crippen molar-refractivity contribution in [3.05, 3.63) is 43.5 Å². The minimum atomic E-state index is -2.23. The molecule has 1 fully saturated rings. The van der Waals surface area contributed by atoms with Gasteiger partial charge in [0.1, 0.15) is 6.10 Å². The Bertz CT molecular complexity index is 667. The lowest BCUT2D eigenvalue weighted by Crippen LogP contribution is -2.43. The Morgan fingerprint density at radius 1 is 1.65 bits per heavy atom. The van der Waals surface area contributed by atoms with Gasteiger partial charge in [-0.2, -0.15) is 0 Å². The van der Waals surface area contributed by atoms with E-state index in [0.29, 0.717) is 4.57 Å². The molecule has 1 saturated heterocycles. The number of rotatable bonds is 3. The number of aromatic nitrogens is 2. The van der Waals surface area contributed by atoms with Crippen LogP contribution in [0.15, 0.2) is 27.0 Å². The van der Waals surface area contributed by atoms with Gasteiger partial charge in [0.25, 0.3) is 5.56 Å². The Labute approximate surface area is 109 Å². The highest BCUT2D eigenvalue weighted by molar-refractivity contribution is 5.01. The fourth-order valence-corrected chi connectivity index (χ4v) is 1.91. The van der Waals surface area contributed by atoms with E-state index in [0.717, 1.165) is 12.3 Å². The van der Waals surface area contributed by atoms with Crippen LogP contribution in [0.1, 0.15) is 6.23 Å². The van der Waals surface area contributed by atoms with Crippen molar-refractivity contribution < 1.29 is 19.3 Å². The Hall–Kier alpha value is -2.20. The van der Waals surface area contributed by atoms with Gasteiger partial charge in [-0.3, -0.25) is 14.3 Å². The summed E-state index contributed by atoms with van der Waals surface area (Å²) in [7, 11) is 0. The number of H-pyrrole nitrogens is 1. The number of nitrogens with one attached hydrogen (secondary N) is 1. The number of alkyl halides is 1. The monoisotopic (exact) mass is 287 g/mol. The molecular weight excluding hydrogens is 277 g/mol. The van der Waals surface area contributed by atoms with Crippen molar-refractivity contribution in [2.45, 2.75) is 24.2 Å². The average Bonchev–Trinajstić information content (AvgIpc) is 2.65. The number of hydrogen-bond donors (Lipinski definition) is 3. The topological polar surface area (TPSA) is 153 Å². The third kappa shape index (κ3) is 2.08. The number of aliphatic hydroxyl groups is 2. The van der Waals surface area contributed by atoms with Crippen LogP contribution < -0.4 is 11.2 Å². The predicted octanol–water partition coefficient (Wildman–Crippen LogP) is -1.24. The number of ether oxygens (including phenoxy) is 1. The Morgan fingerprint density at radius 3 is 2.90 bits per heavy atom. The first kappa shape index (κ1) is 14.2. The molecular formula is C9H10FN5O5. The second-order valence-electron chi connectivity index (χ2n) is 4.11. The molecule has 10 nitrogen and oxygen atoms in total. The van der Waals surface area contributed by atoms with Gasteiger partial charge in [0, 0.05) is 17.2 Å². The molecule has 2 heterocycles. The van der Waals surface area contributed by atoms with Crippen molar-refractivity contribution in [3.8, 4) is 0 Å². The summed E-state index contributed by atoms with van der Waals surface area (Å²) >= 11 is 0. The minimum Gasteiger partial charge on any atom is -0.393 e. The Morgan fingerprint density at radius 2 is 2.35 bits per heavy atom. The van der Waals surface area contributed by atoms with Crippen molar-refractivity contribution in [2.24, 2.45) is 5.11 Å².